The summed E-state index contributed by atoms with van der Waals surface area (Å²) in [7, 11) is 0. The normalized spacial score (nSPS) is 11.7. The fraction of sp³-hybridized carbons (Fsp3) is 0.320. The van der Waals surface area contributed by atoms with Gasteiger partial charge in [-0.15, -0.1) is 11.8 Å². The van der Waals surface area contributed by atoms with Gasteiger partial charge in [0.1, 0.15) is 12.4 Å². The lowest BCUT2D eigenvalue weighted by atomic mass is 10.2. The van der Waals surface area contributed by atoms with Crippen LogP contribution in [0.2, 0.25) is 0 Å². The number of amides is 2. The third-order valence-corrected chi connectivity index (χ3v) is 6.29. The number of anilines is 1. The number of hydrogen-bond acceptors (Lipinski definition) is 5. The van der Waals surface area contributed by atoms with Crippen LogP contribution in [0.4, 0.5) is 14.9 Å². The van der Waals surface area contributed by atoms with Crippen molar-refractivity contribution in [3.8, 4) is 0 Å². The number of alkyl carbamates (subject to hydrolysis) is 1. The Balaban J connectivity index is 1.51. The number of carbonyl (C=O) groups excluding carboxylic acids is 2. The summed E-state index contributed by atoms with van der Waals surface area (Å²) in [5, 5.41) is 14.6. The molecular weight excluding hydrogens is 473 g/mol. The van der Waals surface area contributed by atoms with E-state index in [1.807, 2.05) is 19.1 Å². The molecule has 0 spiro atoms. The number of aliphatic carboxylic acids is 1. The number of carboxylic acids is 1. The molecule has 1 aromatic heterocycles. The van der Waals surface area contributed by atoms with Crippen molar-refractivity contribution in [1.82, 2.24) is 9.88 Å². The van der Waals surface area contributed by atoms with Crippen molar-refractivity contribution in [2.75, 3.05) is 11.9 Å². The zero-order chi connectivity index (χ0) is 25.2. The van der Waals surface area contributed by atoms with Gasteiger partial charge in [0.05, 0.1) is 18.4 Å². The predicted molar refractivity (Wildman–Crippen MR) is 134 cm³/mol. The topological polar surface area (TPSA) is 110 Å². The van der Waals surface area contributed by atoms with Crippen LogP contribution >= 0.6 is 11.8 Å². The minimum absolute atomic E-state index is 0.0869. The van der Waals surface area contributed by atoms with E-state index >= 15 is 0 Å². The van der Waals surface area contributed by atoms with Crippen molar-refractivity contribution in [2.24, 2.45) is 0 Å². The van der Waals surface area contributed by atoms with Gasteiger partial charge in [-0.05, 0) is 48.4 Å². The molecule has 0 fully saturated rings. The number of nitrogens with one attached hydrogen (secondary N) is 2. The number of fused-ring (bicyclic) bond motifs is 1. The maximum Gasteiger partial charge on any atom is 0.408 e. The van der Waals surface area contributed by atoms with Crippen LogP contribution in [0, 0.1) is 5.82 Å². The predicted octanol–water partition coefficient (Wildman–Crippen LogP) is 4.98. The Morgan fingerprint density at radius 1 is 1.14 bits per heavy atom. The van der Waals surface area contributed by atoms with Gasteiger partial charge < -0.3 is 25.0 Å². The Morgan fingerprint density at radius 2 is 1.91 bits per heavy atom. The maximum absolute atomic E-state index is 13.4. The molecule has 1 heterocycles. The molecule has 8 nitrogen and oxygen atoms in total. The van der Waals surface area contributed by atoms with Crippen LogP contribution in [-0.2, 0) is 26.6 Å². The number of halogens is 1. The Hall–Kier alpha value is -3.53. The Labute approximate surface area is 206 Å². The molecule has 10 heteroatoms. The van der Waals surface area contributed by atoms with E-state index in [0.717, 1.165) is 29.3 Å². The van der Waals surface area contributed by atoms with Gasteiger partial charge in [-0.2, -0.15) is 0 Å². The van der Waals surface area contributed by atoms with Crippen molar-refractivity contribution in [3.63, 3.8) is 0 Å². The zero-order valence-corrected chi connectivity index (χ0v) is 20.1. The quantitative estimate of drug-likeness (QED) is 0.239. The van der Waals surface area contributed by atoms with Gasteiger partial charge in [0.25, 0.3) is 0 Å². The second-order valence-corrected chi connectivity index (χ2v) is 9.11. The highest BCUT2D eigenvalue weighted by atomic mass is 32.2. The van der Waals surface area contributed by atoms with E-state index in [0.29, 0.717) is 18.0 Å². The molecule has 3 rings (SSSR count). The molecule has 0 saturated carbocycles. The number of thioether (sulfide) groups is 1. The van der Waals surface area contributed by atoms with Gasteiger partial charge in [0, 0.05) is 28.5 Å². The smallest absolute Gasteiger partial charge is 0.408 e. The molecule has 1 atom stereocenters. The summed E-state index contributed by atoms with van der Waals surface area (Å²) in [5.41, 5.74) is 2.29. The molecule has 0 aliphatic heterocycles. The third-order valence-electron chi connectivity index (χ3n) is 5.11. The van der Waals surface area contributed by atoms with E-state index in [9.17, 15) is 18.8 Å². The number of carboxylic acid groups (broad SMARTS) is 1. The molecule has 3 N–H and O–H groups in total. The molecule has 0 saturated heterocycles. The summed E-state index contributed by atoms with van der Waals surface area (Å²) in [6.45, 7) is 2.36. The minimum atomic E-state index is -1.02. The molecule has 186 valence electrons. The summed E-state index contributed by atoms with van der Waals surface area (Å²) < 4.78 is 20.2. The minimum Gasteiger partial charge on any atom is -0.481 e. The lowest BCUT2D eigenvalue weighted by Crippen LogP contribution is -2.35. The third kappa shape index (κ3) is 8.32. The molecule has 0 radical (unpaired) electrons. The van der Waals surface area contributed by atoms with Crippen LogP contribution in [0.5, 0.6) is 0 Å². The molecule has 0 bridgehead atoms. The van der Waals surface area contributed by atoms with Gasteiger partial charge in [-0.1, -0.05) is 25.5 Å². The first-order chi connectivity index (χ1) is 16.8. The molecule has 1 unspecified atom stereocenters. The average molecular weight is 502 g/mol. The molecular formula is C25H28FN3O5S. The van der Waals surface area contributed by atoms with E-state index in [1.54, 1.807) is 35.0 Å². The standard InChI is InChI=1S/C25H28FN3O5S/c1-2-3-12-34-25(33)28-23(14-24(31)32)35-16-17-4-7-20(8-5-17)27-22(30)15-29-11-10-18-13-19(26)6-9-21(18)29/h4-11,13,23H,2-3,12,14-16H2,1H3,(H,27,30)(H,28,33)(H,31,32). The summed E-state index contributed by atoms with van der Waals surface area (Å²) in [5.74, 6) is -1.10. The summed E-state index contributed by atoms with van der Waals surface area (Å²) in [6, 6.07) is 13.4. The first-order valence-electron chi connectivity index (χ1n) is 11.2. The summed E-state index contributed by atoms with van der Waals surface area (Å²) >= 11 is 1.28. The Bertz CT molecular complexity index is 1170. The first-order valence-corrected chi connectivity index (χ1v) is 12.3. The fourth-order valence-corrected chi connectivity index (χ4v) is 4.36. The molecule has 0 aliphatic carbocycles. The van der Waals surface area contributed by atoms with Crippen molar-refractivity contribution >= 4 is 46.3 Å². The maximum atomic E-state index is 13.4. The number of nitrogens with zero attached hydrogens (tertiary/aromatic N) is 1. The SMILES string of the molecule is CCCCOC(=O)NC(CC(=O)O)SCc1ccc(NC(=O)Cn2ccc3cc(F)ccc32)cc1. The largest absolute Gasteiger partial charge is 0.481 e. The summed E-state index contributed by atoms with van der Waals surface area (Å²) in [4.78, 5) is 35.5. The van der Waals surface area contributed by atoms with Gasteiger partial charge in [0.2, 0.25) is 5.91 Å². The molecule has 2 aromatic carbocycles. The fourth-order valence-electron chi connectivity index (χ4n) is 3.34. The van der Waals surface area contributed by atoms with Crippen LogP contribution in [0.1, 0.15) is 31.7 Å². The Morgan fingerprint density at radius 3 is 2.63 bits per heavy atom. The number of rotatable bonds is 12. The second kappa shape index (κ2) is 12.8. The van der Waals surface area contributed by atoms with Crippen LogP contribution in [0.3, 0.4) is 0 Å². The van der Waals surface area contributed by atoms with Gasteiger partial charge >= 0.3 is 12.1 Å². The van der Waals surface area contributed by atoms with Crippen LogP contribution < -0.4 is 10.6 Å². The van der Waals surface area contributed by atoms with Crippen LogP contribution in [0.25, 0.3) is 10.9 Å². The molecule has 2 amide bonds. The number of hydrogen-bond donors (Lipinski definition) is 3. The number of carbonyl (C=O) groups is 3. The van der Waals surface area contributed by atoms with Crippen LogP contribution in [-0.4, -0.2) is 39.6 Å². The van der Waals surface area contributed by atoms with E-state index in [-0.39, 0.29) is 24.7 Å². The second-order valence-electron chi connectivity index (χ2n) is 7.92. The highest BCUT2D eigenvalue weighted by Gasteiger charge is 2.17. The van der Waals surface area contributed by atoms with Crippen molar-refractivity contribution in [1.29, 1.82) is 0 Å². The van der Waals surface area contributed by atoms with Gasteiger partial charge in [-0.25, -0.2) is 9.18 Å². The average Bonchev–Trinajstić information content (AvgIpc) is 3.19. The number of unbranched alkanes of at least 4 members (excludes halogenated alkanes) is 1. The lowest BCUT2D eigenvalue weighted by Gasteiger charge is -2.16. The van der Waals surface area contributed by atoms with Gasteiger partial charge in [0.15, 0.2) is 0 Å². The van der Waals surface area contributed by atoms with Crippen molar-refractivity contribution in [3.05, 3.63) is 66.1 Å². The molecule has 35 heavy (non-hydrogen) atoms. The van der Waals surface area contributed by atoms with Gasteiger partial charge in [-0.3, -0.25) is 9.59 Å². The Kier molecular flexibility index (Phi) is 9.54. The first kappa shape index (κ1) is 26.1. The van der Waals surface area contributed by atoms with Crippen molar-refractivity contribution < 1.29 is 28.6 Å². The van der Waals surface area contributed by atoms with E-state index < -0.39 is 17.4 Å². The summed E-state index contributed by atoms with van der Waals surface area (Å²) in [6.07, 6.45) is 2.51. The lowest BCUT2D eigenvalue weighted by molar-refractivity contribution is -0.137. The van der Waals surface area contributed by atoms with E-state index in [1.165, 1.54) is 23.9 Å². The molecule has 0 aliphatic rings. The highest BCUT2D eigenvalue weighted by Crippen LogP contribution is 2.21. The number of aromatic nitrogens is 1. The highest BCUT2D eigenvalue weighted by molar-refractivity contribution is 7.99. The van der Waals surface area contributed by atoms with E-state index in [2.05, 4.69) is 10.6 Å². The zero-order valence-electron chi connectivity index (χ0n) is 19.3. The van der Waals surface area contributed by atoms with Crippen LogP contribution in [0.15, 0.2) is 54.7 Å². The molecule has 3 aromatic rings. The number of ether oxygens (including phenoxy) is 1. The monoisotopic (exact) mass is 501 g/mol. The van der Waals surface area contributed by atoms with Crippen molar-refractivity contribution in [2.45, 2.75) is 43.9 Å². The van der Waals surface area contributed by atoms with E-state index in [4.69, 9.17) is 9.84 Å². The number of benzene rings is 2.